The quantitative estimate of drug-likeness (QED) is 0.909. The summed E-state index contributed by atoms with van der Waals surface area (Å²) >= 11 is 3.35. The van der Waals surface area contributed by atoms with Crippen molar-refractivity contribution < 1.29 is 9.90 Å². The third-order valence-electron chi connectivity index (χ3n) is 2.78. The summed E-state index contributed by atoms with van der Waals surface area (Å²) in [4.78, 5) is 14.0. The van der Waals surface area contributed by atoms with Gasteiger partial charge in [0.25, 0.3) is 5.91 Å². The van der Waals surface area contributed by atoms with Gasteiger partial charge in [0.15, 0.2) is 0 Å². The lowest BCUT2D eigenvalue weighted by atomic mass is 10.3. The van der Waals surface area contributed by atoms with E-state index < -0.39 is 0 Å². The fourth-order valence-electron chi connectivity index (χ4n) is 1.83. The van der Waals surface area contributed by atoms with Crippen molar-refractivity contribution in [3.8, 4) is 0 Å². The maximum absolute atomic E-state index is 12.2. The first-order valence-corrected chi connectivity index (χ1v) is 6.16. The van der Waals surface area contributed by atoms with E-state index in [2.05, 4.69) is 15.9 Å². The topological polar surface area (TPSA) is 45.5 Å². The van der Waals surface area contributed by atoms with Gasteiger partial charge in [-0.25, -0.2) is 0 Å². The van der Waals surface area contributed by atoms with Crippen LogP contribution in [0.3, 0.4) is 0 Å². The van der Waals surface area contributed by atoms with Crippen molar-refractivity contribution in [2.45, 2.75) is 18.9 Å². The Morgan fingerprint density at radius 1 is 1.69 bits per heavy atom. The first-order valence-electron chi connectivity index (χ1n) is 5.37. The molecule has 0 unspecified atom stereocenters. The Hall–Kier alpha value is -0.810. The number of rotatable bonds is 4. The maximum Gasteiger partial charge on any atom is 0.270 e. The van der Waals surface area contributed by atoms with Crippen LogP contribution in [0.15, 0.2) is 16.7 Å². The highest BCUT2D eigenvalue weighted by atomic mass is 79.9. The van der Waals surface area contributed by atoms with Gasteiger partial charge in [0.2, 0.25) is 0 Å². The largest absolute Gasteiger partial charge is 0.395 e. The monoisotopic (exact) mass is 286 g/mol. The molecule has 1 aromatic heterocycles. The molecule has 1 aromatic rings. The summed E-state index contributed by atoms with van der Waals surface area (Å²) in [6.45, 7) is 0.445. The molecule has 4 nitrogen and oxygen atoms in total. The molecule has 1 N–H and O–H groups in total. The van der Waals surface area contributed by atoms with E-state index in [4.69, 9.17) is 5.11 Å². The minimum Gasteiger partial charge on any atom is -0.395 e. The second kappa shape index (κ2) is 4.59. The van der Waals surface area contributed by atoms with E-state index >= 15 is 0 Å². The van der Waals surface area contributed by atoms with Gasteiger partial charge in [0.1, 0.15) is 5.69 Å². The fraction of sp³-hybridized carbons (Fsp3) is 0.545. The minimum atomic E-state index is 0.00440. The fourth-order valence-corrected chi connectivity index (χ4v) is 2.35. The average Bonchev–Trinajstić information content (AvgIpc) is 3.00. The highest BCUT2D eigenvalue weighted by molar-refractivity contribution is 9.10. The van der Waals surface area contributed by atoms with E-state index in [0.29, 0.717) is 18.3 Å². The van der Waals surface area contributed by atoms with Crippen LogP contribution in [-0.4, -0.2) is 39.7 Å². The highest BCUT2D eigenvalue weighted by Crippen LogP contribution is 2.28. The number of aliphatic hydroxyl groups excluding tert-OH is 1. The molecule has 0 spiro atoms. The second-order valence-corrected chi connectivity index (χ2v) is 5.02. The Balaban J connectivity index is 2.18. The van der Waals surface area contributed by atoms with E-state index in [-0.39, 0.29) is 12.5 Å². The molecule has 2 rings (SSSR count). The minimum absolute atomic E-state index is 0.00440. The molecule has 0 aliphatic heterocycles. The normalized spacial score (nSPS) is 15.2. The van der Waals surface area contributed by atoms with Gasteiger partial charge in [-0.05, 0) is 34.8 Å². The summed E-state index contributed by atoms with van der Waals surface area (Å²) in [6.07, 6.45) is 3.96. The Kier molecular flexibility index (Phi) is 3.35. The number of aromatic nitrogens is 1. The first-order chi connectivity index (χ1) is 7.63. The Labute approximate surface area is 103 Å². The maximum atomic E-state index is 12.2. The van der Waals surface area contributed by atoms with Crippen molar-refractivity contribution in [2.24, 2.45) is 7.05 Å². The average molecular weight is 287 g/mol. The van der Waals surface area contributed by atoms with Gasteiger partial charge >= 0.3 is 0 Å². The van der Waals surface area contributed by atoms with E-state index in [1.807, 2.05) is 19.3 Å². The molecule has 5 heteroatoms. The standard InChI is InChI=1S/C11H15BrN2O2/c1-13-7-8(12)6-10(13)11(16)14(4-5-15)9-2-3-9/h6-7,9,15H,2-5H2,1H3. The second-order valence-electron chi connectivity index (χ2n) is 4.11. The van der Waals surface area contributed by atoms with Gasteiger partial charge in [-0.3, -0.25) is 4.79 Å². The molecule has 1 aliphatic rings. The Bertz CT molecular complexity index is 399. The number of carbonyl (C=O) groups is 1. The summed E-state index contributed by atoms with van der Waals surface area (Å²) in [5.74, 6) is 0.00440. The van der Waals surface area contributed by atoms with Crippen molar-refractivity contribution in [2.75, 3.05) is 13.2 Å². The van der Waals surface area contributed by atoms with Gasteiger partial charge in [-0.2, -0.15) is 0 Å². The number of amides is 1. The molecule has 1 heterocycles. The lowest BCUT2D eigenvalue weighted by molar-refractivity contribution is 0.0698. The van der Waals surface area contributed by atoms with Crippen LogP contribution < -0.4 is 0 Å². The van der Waals surface area contributed by atoms with Crippen LogP contribution in [0.1, 0.15) is 23.3 Å². The van der Waals surface area contributed by atoms with Crippen molar-refractivity contribution in [3.05, 3.63) is 22.4 Å². The molecular formula is C11H15BrN2O2. The molecule has 1 saturated carbocycles. The zero-order valence-corrected chi connectivity index (χ0v) is 10.8. The van der Waals surface area contributed by atoms with Crippen molar-refractivity contribution in [1.29, 1.82) is 0 Å². The van der Waals surface area contributed by atoms with E-state index in [0.717, 1.165) is 17.3 Å². The predicted octanol–water partition coefficient (Wildman–Crippen LogP) is 1.38. The summed E-state index contributed by atoms with van der Waals surface area (Å²) in [6, 6.07) is 2.14. The van der Waals surface area contributed by atoms with Gasteiger partial charge in [-0.1, -0.05) is 0 Å². The Morgan fingerprint density at radius 2 is 2.38 bits per heavy atom. The smallest absolute Gasteiger partial charge is 0.270 e. The number of hydrogen-bond acceptors (Lipinski definition) is 2. The van der Waals surface area contributed by atoms with Crippen LogP contribution in [0.4, 0.5) is 0 Å². The molecule has 16 heavy (non-hydrogen) atoms. The van der Waals surface area contributed by atoms with E-state index in [1.54, 1.807) is 9.47 Å². The number of carbonyl (C=O) groups excluding carboxylic acids is 1. The van der Waals surface area contributed by atoms with Crippen molar-refractivity contribution in [3.63, 3.8) is 0 Å². The van der Waals surface area contributed by atoms with Crippen molar-refractivity contribution >= 4 is 21.8 Å². The number of aryl methyl sites for hydroxylation is 1. The van der Waals surface area contributed by atoms with E-state index in [1.165, 1.54) is 0 Å². The summed E-state index contributed by atoms with van der Waals surface area (Å²) < 4.78 is 2.71. The van der Waals surface area contributed by atoms with Gasteiger partial charge in [-0.15, -0.1) is 0 Å². The number of halogens is 1. The lowest BCUT2D eigenvalue weighted by Crippen LogP contribution is -2.36. The zero-order valence-electron chi connectivity index (χ0n) is 9.19. The predicted molar refractivity (Wildman–Crippen MR) is 64.3 cm³/mol. The lowest BCUT2D eigenvalue weighted by Gasteiger charge is -2.21. The third-order valence-corrected chi connectivity index (χ3v) is 3.21. The molecule has 0 saturated heterocycles. The number of aliphatic hydroxyl groups is 1. The molecule has 1 fully saturated rings. The SMILES string of the molecule is Cn1cc(Br)cc1C(=O)N(CCO)C1CC1. The van der Waals surface area contributed by atoms with Crippen LogP contribution in [0.25, 0.3) is 0 Å². The highest BCUT2D eigenvalue weighted by Gasteiger charge is 2.33. The molecule has 0 radical (unpaired) electrons. The third kappa shape index (κ3) is 2.30. The van der Waals surface area contributed by atoms with E-state index in [9.17, 15) is 4.79 Å². The first kappa shape index (κ1) is 11.7. The van der Waals surface area contributed by atoms with Crippen LogP contribution in [0.2, 0.25) is 0 Å². The van der Waals surface area contributed by atoms with Gasteiger partial charge < -0.3 is 14.6 Å². The Morgan fingerprint density at radius 3 is 2.81 bits per heavy atom. The molecule has 0 bridgehead atoms. The molecule has 1 aliphatic carbocycles. The van der Waals surface area contributed by atoms with Crippen molar-refractivity contribution in [1.82, 2.24) is 9.47 Å². The molecular weight excluding hydrogens is 272 g/mol. The van der Waals surface area contributed by atoms with Gasteiger partial charge in [0.05, 0.1) is 6.61 Å². The number of hydrogen-bond donors (Lipinski definition) is 1. The number of nitrogens with zero attached hydrogens (tertiary/aromatic N) is 2. The van der Waals surface area contributed by atoms with Crippen LogP contribution >= 0.6 is 15.9 Å². The van der Waals surface area contributed by atoms with Crippen LogP contribution in [0.5, 0.6) is 0 Å². The molecule has 1 amide bonds. The summed E-state index contributed by atoms with van der Waals surface area (Å²) in [7, 11) is 1.85. The van der Waals surface area contributed by atoms with Gasteiger partial charge in [0, 0.05) is 30.3 Å². The summed E-state index contributed by atoms with van der Waals surface area (Å²) in [5, 5.41) is 8.97. The van der Waals surface area contributed by atoms with Crippen LogP contribution in [0, 0.1) is 0 Å². The van der Waals surface area contributed by atoms with Crippen LogP contribution in [-0.2, 0) is 7.05 Å². The molecule has 88 valence electrons. The summed E-state index contributed by atoms with van der Waals surface area (Å²) in [5.41, 5.74) is 0.659. The zero-order chi connectivity index (χ0) is 11.7. The molecule has 0 aromatic carbocycles. The molecule has 0 atom stereocenters.